The molecule has 5 rings (SSSR count). The Bertz CT molecular complexity index is 1400. The van der Waals surface area contributed by atoms with E-state index in [1.54, 1.807) is 6.07 Å². The highest BCUT2D eigenvalue weighted by Gasteiger charge is 2.34. The Kier molecular flexibility index (Phi) is 7.80. The van der Waals surface area contributed by atoms with Crippen molar-refractivity contribution in [3.63, 3.8) is 0 Å². The highest BCUT2D eigenvalue weighted by molar-refractivity contribution is 5.70. The van der Waals surface area contributed by atoms with Crippen LogP contribution in [0.25, 0.3) is 16.7 Å². The summed E-state index contributed by atoms with van der Waals surface area (Å²) < 4.78 is 51.8. The quantitative estimate of drug-likeness (QED) is 0.259. The van der Waals surface area contributed by atoms with E-state index in [9.17, 15) is 13.2 Å². The number of alkyl halides is 3. The lowest BCUT2D eigenvalue weighted by molar-refractivity contribution is -0.139. The predicted octanol–water partition coefficient (Wildman–Crippen LogP) is 7.91. The zero-order valence-corrected chi connectivity index (χ0v) is 20.8. The fraction of sp³-hybridized carbons (Fsp3) is 0.188. The summed E-state index contributed by atoms with van der Waals surface area (Å²) in [5.41, 5.74) is 5.54. The number of nitrogens with one attached hydrogen (secondary N) is 1. The first-order valence-electron chi connectivity index (χ1n) is 12.6. The van der Waals surface area contributed by atoms with Crippen molar-refractivity contribution in [2.24, 2.45) is 0 Å². The Balaban J connectivity index is 1.33. The summed E-state index contributed by atoms with van der Waals surface area (Å²) in [7, 11) is 0. The fourth-order valence-corrected chi connectivity index (χ4v) is 4.53. The molecule has 0 unspecified atom stereocenters. The first-order chi connectivity index (χ1) is 18.5. The van der Waals surface area contributed by atoms with Crippen LogP contribution in [0.3, 0.4) is 0 Å². The molecule has 1 aliphatic rings. The first-order valence-corrected chi connectivity index (χ1v) is 12.6. The number of rotatable bonds is 8. The van der Waals surface area contributed by atoms with Crippen LogP contribution in [0.15, 0.2) is 103 Å². The summed E-state index contributed by atoms with van der Waals surface area (Å²) >= 11 is 0. The highest BCUT2D eigenvalue weighted by atomic mass is 19.4. The SMILES string of the molecule is FC(F)(F)c1ccccc1OCc1ccc(COc2ccc(-c3ccccc3)cc2)c(C2=CCNCC2)c1. The van der Waals surface area contributed by atoms with Gasteiger partial charge in [-0.05, 0) is 76.7 Å². The average molecular weight is 516 g/mol. The van der Waals surface area contributed by atoms with Crippen LogP contribution < -0.4 is 14.8 Å². The predicted molar refractivity (Wildman–Crippen MR) is 144 cm³/mol. The first kappa shape index (κ1) is 25.6. The van der Waals surface area contributed by atoms with Crippen LogP contribution in [0.1, 0.15) is 28.7 Å². The molecule has 0 saturated heterocycles. The maximum absolute atomic E-state index is 13.4. The summed E-state index contributed by atoms with van der Waals surface area (Å²) in [5.74, 6) is 0.597. The Morgan fingerprint density at radius 1 is 0.737 bits per heavy atom. The maximum Gasteiger partial charge on any atom is 0.419 e. The molecule has 38 heavy (non-hydrogen) atoms. The normalized spacial score (nSPS) is 13.6. The van der Waals surface area contributed by atoms with Gasteiger partial charge in [0.05, 0.1) is 5.56 Å². The Morgan fingerprint density at radius 2 is 1.47 bits per heavy atom. The van der Waals surface area contributed by atoms with Gasteiger partial charge in [0.2, 0.25) is 0 Å². The molecule has 0 spiro atoms. The smallest absolute Gasteiger partial charge is 0.419 e. The summed E-state index contributed by atoms with van der Waals surface area (Å²) in [6.07, 6.45) is -1.46. The molecule has 1 aliphatic heterocycles. The van der Waals surface area contributed by atoms with Crippen molar-refractivity contribution in [2.45, 2.75) is 25.8 Å². The van der Waals surface area contributed by atoms with Crippen LogP contribution >= 0.6 is 0 Å². The molecule has 4 aromatic rings. The van der Waals surface area contributed by atoms with Gasteiger partial charge in [-0.15, -0.1) is 0 Å². The molecular formula is C32H28F3NO2. The minimum Gasteiger partial charge on any atom is -0.489 e. The number of ether oxygens (including phenoxy) is 2. The zero-order valence-electron chi connectivity index (χ0n) is 20.8. The molecule has 1 N–H and O–H groups in total. The molecule has 0 radical (unpaired) electrons. The molecule has 0 atom stereocenters. The molecule has 194 valence electrons. The van der Waals surface area contributed by atoms with Crippen LogP contribution in [0.5, 0.6) is 11.5 Å². The minimum absolute atomic E-state index is 0.0354. The molecule has 0 bridgehead atoms. The van der Waals surface area contributed by atoms with Crippen LogP contribution in [-0.4, -0.2) is 13.1 Å². The van der Waals surface area contributed by atoms with E-state index in [0.29, 0.717) is 6.61 Å². The Morgan fingerprint density at radius 3 is 2.21 bits per heavy atom. The van der Waals surface area contributed by atoms with Crippen LogP contribution in [0, 0.1) is 0 Å². The second-order valence-corrected chi connectivity index (χ2v) is 9.14. The van der Waals surface area contributed by atoms with Crippen molar-refractivity contribution in [2.75, 3.05) is 13.1 Å². The molecule has 6 heteroatoms. The molecule has 0 saturated carbocycles. The number of benzene rings is 4. The van der Waals surface area contributed by atoms with Crippen molar-refractivity contribution in [3.8, 4) is 22.6 Å². The van der Waals surface area contributed by atoms with Crippen molar-refractivity contribution < 1.29 is 22.6 Å². The number of para-hydroxylation sites is 1. The Labute approximate surface area is 220 Å². The third-order valence-electron chi connectivity index (χ3n) is 6.53. The summed E-state index contributed by atoms with van der Waals surface area (Å²) in [5, 5.41) is 3.32. The highest BCUT2D eigenvalue weighted by Crippen LogP contribution is 2.36. The molecule has 0 fully saturated rings. The number of halogens is 3. The largest absolute Gasteiger partial charge is 0.489 e. The van der Waals surface area contributed by atoms with Crippen molar-refractivity contribution in [1.29, 1.82) is 0 Å². The van der Waals surface area contributed by atoms with E-state index in [-0.39, 0.29) is 12.4 Å². The lowest BCUT2D eigenvalue weighted by atomic mass is 9.94. The van der Waals surface area contributed by atoms with Gasteiger partial charge in [-0.25, -0.2) is 0 Å². The molecule has 1 heterocycles. The van der Waals surface area contributed by atoms with Crippen molar-refractivity contribution in [1.82, 2.24) is 5.32 Å². The molecule has 0 amide bonds. The van der Waals surface area contributed by atoms with Gasteiger partial charge in [-0.2, -0.15) is 13.2 Å². The summed E-state index contributed by atoms with van der Waals surface area (Å²) in [4.78, 5) is 0. The topological polar surface area (TPSA) is 30.5 Å². The minimum atomic E-state index is -4.47. The summed E-state index contributed by atoms with van der Waals surface area (Å²) in [6.45, 7) is 2.06. The van der Waals surface area contributed by atoms with Crippen LogP contribution in [0.2, 0.25) is 0 Å². The van der Waals surface area contributed by atoms with Crippen molar-refractivity contribution >= 4 is 5.57 Å². The number of hydrogen-bond acceptors (Lipinski definition) is 3. The molecular weight excluding hydrogens is 487 g/mol. The second kappa shape index (κ2) is 11.6. The molecule has 0 aliphatic carbocycles. The lowest BCUT2D eigenvalue weighted by Crippen LogP contribution is -2.20. The van der Waals surface area contributed by atoms with E-state index >= 15 is 0 Å². The lowest BCUT2D eigenvalue weighted by Gasteiger charge is -2.20. The van der Waals surface area contributed by atoms with E-state index in [4.69, 9.17) is 9.47 Å². The zero-order chi connectivity index (χ0) is 26.4. The Hall–Kier alpha value is -4.03. The van der Waals surface area contributed by atoms with E-state index in [1.807, 2.05) is 60.7 Å². The van der Waals surface area contributed by atoms with Gasteiger partial charge < -0.3 is 14.8 Å². The third-order valence-corrected chi connectivity index (χ3v) is 6.53. The van der Waals surface area contributed by atoms with Gasteiger partial charge in [0.1, 0.15) is 24.7 Å². The average Bonchev–Trinajstić information content (AvgIpc) is 2.96. The van der Waals surface area contributed by atoms with Gasteiger partial charge >= 0.3 is 6.18 Å². The fourth-order valence-electron chi connectivity index (χ4n) is 4.53. The van der Waals surface area contributed by atoms with E-state index < -0.39 is 11.7 Å². The van der Waals surface area contributed by atoms with Gasteiger partial charge in [0.25, 0.3) is 0 Å². The number of hydrogen-bond donors (Lipinski definition) is 1. The van der Waals surface area contributed by atoms with Gasteiger partial charge in [-0.3, -0.25) is 0 Å². The van der Waals surface area contributed by atoms with E-state index in [0.717, 1.165) is 59.1 Å². The second-order valence-electron chi connectivity index (χ2n) is 9.14. The third kappa shape index (κ3) is 6.26. The maximum atomic E-state index is 13.4. The van der Waals surface area contributed by atoms with Crippen LogP contribution in [0.4, 0.5) is 13.2 Å². The summed E-state index contributed by atoms with van der Waals surface area (Å²) in [6, 6.07) is 29.3. The standard InChI is InChI=1S/C32H28F3NO2/c33-32(34,35)30-8-4-5-9-31(30)38-21-23-10-11-27(29(20-23)26-16-18-36-19-17-26)22-37-28-14-12-25(13-15-28)24-6-2-1-3-7-24/h1-16,20,36H,17-19,21-22H2. The molecule has 0 aromatic heterocycles. The van der Waals surface area contributed by atoms with Crippen LogP contribution in [-0.2, 0) is 19.4 Å². The van der Waals surface area contributed by atoms with E-state index in [1.165, 1.54) is 17.7 Å². The van der Waals surface area contributed by atoms with Crippen molar-refractivity contribution in [3.05, 3.63) is 125 Å². The van der Waals surface area contributed by atoms with Gasteiger partial charge in [-0.1, -0.05) is 72.8 Å². The van der Waals surface area contributed by atoms with Gasteiger partial charge in [0.15, 0.2) is 0 Å². The molecule has 4 aromatic carbocycles. The molecule has 3 nitrogen and oxygen atoms in total. The van der Waals surface area contributed by atoms with E-state index in [2.05, 4.69) is 23.5 Å². The van der Waals surface area contributed by atoms with Gasteiger partial charge in [0, 0.05) is 6.54 Å². The monoisotopic (exact) mass is 515 g/mol.